The van der Waals surface area contributed by atoms with Gasteiger partial charge in [-0.1, -0.05) is 0 Å². The Labute approximate surface area is 145 Å². The van der Waals surface area contributed by atoms with E-state index in [4.69, 9.17) is 15.3 Å². The van der Waals surface area contributed by atoms with Gasteiger partial charge in [-0.05, 0) is 51.0 Å². The molecule has 0 aliphatic rings. The van der Waals surface area contributed by atoms with E-state index in [2.05, 4.69) is 0 Å². The van der Waals surface area contributed by atoms with Gasteiger partial charge in [-0.3, -0.25) is 4.79 Å². The first-order valence-electron chi connectivity index (χ1n) is 7.16. The van der Waals surface area contributed by atoms with Crippen LogP contribution in [-0.4, -0.2) is 37.6 Å². The second-order valence-corrected chi connectivity index (χ2v) is 7.07. The number of aryl methyl sites for hydroxylation is 1. The van der Waals surface area contributed by atoms with Crippen molar-refractivity contribution in [3.05, 3.63) is 40.2 Å². The number of ether oxygens (including phenoxy) is 1. The summed E-state index contributed by atoms with van der Waals surface area (Å²) in [6, 6.07) is 2.52. The molecule has 8 nitrogen and oxygen atoms in total. The van der Waals surface area contributed by atoms with Gasteiger partial charge >= 0.3 is 5.97 Å². The highest BCUT2D eigenvalue weighted by Gasteiger charge is 2.20. The maximum absolute atomic E-state index is 12.1. The van der Waals surface area contributed by atoms with E-state index in [1.807, 2.05) is 0 Å². The fourth-order valence-corrected chi connectivity index (χ4v) is 3.09. The summed E-state index contributed by atoms with van der Waals surface area (Å²) in [5.74, 6) is -1.99. The van der Waals surface area contributed by atoms with Gasteiger partial charge in [-0.25, -0.2) is 18.4 Å². The molecule has 0 aliphatic heterocycles. The smallest absolute Gasteiger partial charge is 0.338 e. The number of esters is 1. The third-order valence-electron chi connectivity index (χ3n) is 3.52. The Morgan fingerprint density at radius 1 is 1.24 bits per heavy atom. The van der Waals surface area contributed by atoms with Crippen molar-refractivity contribution in [1.29, 1.82) is 5.41 Å². The third kappa shape index (κ3) is 4.97. The molecule has 0 aromatic heterocycles. The van der Waals surface area contributed by atoms with Crippen LogP contribution in [0.4, 0.5) is 0 Å². The highest BCUT2D eigenvalue weighted by Crippen LogP contribution is 2.21. The number of ketones is 1. The lowest BCUT2D eigenvalue weighted by molar-refractivity contribution is -0.113. The zero-order valence-corrected chi connectivity index (χ0v) is 15.2. The molecule has 0 aliphatic carbocycles. The topological polar surface area (TPSA) is 148 Å². The lowest BCUT2D eigenvalue weighted by Crippen LogP contribution is -2.17. The minimum atomic E-state index is -4.02. The average Bonchev–Trinajstić information content (AvgIpc) is 2.45. The molecular formula is C16H20N2O6S. The Morgan fingerprint density at radius 3 is 2.24 bits per heavy atom. The Morgan fingerprint density at radius 2 is 1.80 bits per heavy atom. The zero-order chi connectivity index (χ0) is 19.5. The van der Waals surface area contributed by atoms with Crippen molar-refractivity contribution in [2.24, 2.45) is 5.14 Å². The number of primary sulfonamides is 1. The highest BCUT2D eigenvalue weighted by atomic mass is 32.2. The molecule has 1 aromatic rings. The first-order valence-corrected chi connectivity index (χ1v) is 8.70. The average molecular weight is 368 g/mol. The van der Waals surface area contributed by atoms with Crippen molar-refractivity contribution >= 4 is 27.5 Å². The number of benzene rings is 1. The molecular weight excluding hydrogens is 348 g/mol. The molecule has 0 atom stereocenters. The van der Waals surface area contributed by atoms with E-state index < -0.39 is 34.1 Å². The van der Waals surface area contributed by atoms with Gasteiger partial charge in [-0.15, -0.1) is 0 Å². The number of nitrogens with one attached hydrogen (secondary N) is 1. The van der Waals surface area contributed by atoms with Crippen molar-refractivity contribution in [2.75, 3.05) is 6.61 Å². The fraction of sp³-hybridized carbons (Fsp3) is 0.312. The zero-order valence-electron chi connectivity index (χ0n) is 14.3. The van der Waals surface area contributed by atoms with Gasteiger partial charge in [0.1, 0.15) is 12.4 Å². The Hall–Kier alpha value is -2.52. The maximum Gasteiger partial charge on any atom is 0.338 e. The largest absolute Gasteiger partial charge is 0.508 e. The fourth-order valence-electron chi connectivity index (χ4n) is 2.21. The molecule has 0 radical (unpaired) electrons. The van der Waals surface area contributed by atoms with Crippen LogP contribution < -0.4 is 5.14 Å². The van der Waals surface area contributed by atoms with Crippen molar-refractivity contribution in [3.8, 4) is 0 Å². The summed E-state index contributed by atoms with van der Waals surface area (Å²) < 4.78 is 28.1. The van der Waals surface area contributed by atoms with Gasteiger partial charge in [0.25, 0.3) is 0 Å². The molecule has 25 heavy (non-hydrogen) atoms. The van der Waals surface area contributed by atoms with Crippen LogP contribution in [0.5, 0.6) is 0 Å². The molecule has 136 valence electrons. The molecule has 1 aromatic carbocycles. The number of hydrogen-bond donors (Lipinski definition) is 3. The molecule has 0 amide bonds. The minimum Gasteiger partial charge on any atom is -0.508 e. The molecule has 1 rings (SSSR count). The van der Waals surface area contributed by atoms with Crippen molar-refractivity contribution in [1.82, 2.24) is 0 Å². The Balaban J connectivity index is 3.15. The van der Waals surface area contributed by atoms with Crippen LogP contribution in [0.3, 0.4) is 0 Å². The van der Waals surface area contributed by atoms with Crippen LogP contribution in [-0.2, 0) is 19.6 Å². The van der Waals surface area contributed by atoms with Crippen LogP contribution in [0.25, 0.3) is 0 Å². The third-order valence-corrected chi connectivity index (χ3v) is 4.55. The van der Waals surface area contributed by atoms with Crippen LogP contribution in [0.2, 0.25) is 0 Å². The lowest BCUT2D eigenvalue weighted by Gasteiger charge is -2.11. The van der Waals surface area contributed by atoms with E-state index in [-0.39, 0.29) is 21.7 Å². The number of carbonyl (C=O) groups excluding carboxylic acids is 2. The van der Waals surface area contributed by atoms with E-state index in [1.54, 1.807) is 13.8 Å². The van der Waals surface area contributed by atoms with Crippen LogP contribution >= 0.6 is 0 Å². The molecule has 9 heteroatoms. The normalized spacial score (nSPS) is 12.4. The second kappa shape index (κ2) is 7.58. The summed E-state index contributed by atoms with van der Waals surface area (Å²) >= 11 is 0. The Bertz CT molecular complexity index is 868. The number of sulfonamides is 1. The number of Topliss-reactive ketones (excluding diaryl/α,β-unsaturated/α-hetero) is 1. The molecule has 0 bridgehead atoms. The number of carbonyl (C=O) groups is 2. The lowest BCUT2D eigenvalue weighted by atomic mass is 10.1. The van der Waals surface area contributed by atoms with Crippen molar-refractivity contribution in [2.45, 2.75) is 32.6 Å². The summed E-state index contributed by atoms with van der Waals surface area (Å²) in [5.41, 5.74) is 0.482. The first kappa shape index (κ1) is 20.5. The number of hydrogen-bond acceptors (Lipinski definition) is 7. The number of rotatable bonds is 6. The SMILES string of the molecule is CC(=N)/C(C(C)=O)=C(/O)COC(=O)c1cc(C)c(C)c(S(N)(=O)=O)c1. The predicted octanol–water partition coefficient (Wildman–Crippen LogP) is 1.55. The maximum atomic E-state index is 12.1. The van der Waals surface area contributed by atoms with Gasteiger partial charge in [0.15, 0.2) is 5.78 Å². The van der Waals surface area contributed by atoms with Crippen molar-refractivity contribution in [3.63, 3.8) is 0 Å². The second-order valence-electron chi connectivity index (χ2n) is 5.54. The first-order chi connectivity index (χ1) is 11.4. The van der Waals surface area contributed by atoms with E-state index in [0.717, 1.165) is 6.07 Å². The van der Waals surface area contributed by atoms with Gasteiger partial charge in [-0.2, -0.15) is 0 Å². The number of aliphatic hydroxyl groups excluding tert-OH is 1. The van der Waals surface area contributed by atoms with Gasteiger partial charge in [0.2, 0.25) is 10.0 Å². The molecule has 0 spiro atoms. The Kier molecular flexibility index (Phi) is 6.22. The van der Waals surface area contributed by atoms with Crippen LogP contribution in [0.1, 0.15) is 35.3 Å². The van der Waals surface area contributed by atoms with E-state index in [9.17, 15) is 23.1 Å². The summed E-state index contributed by atoms with van der Waals surface area (Å²) in [6.07, 6.45) is 0. The van der Waals surface area contributed by atoms with Gasteiger partial charge in [0, 0.05) is 5.71 Å². The number of allylic oxidation sites excluding steroid dienone is 1. The molecule has 0 unspecified atom stereocenters. The van der Waals surface area contributed by atoms with E-state index in [1.165, 1.54) is 19.9 Å². The summed E-state index contributed by atoms with van der Waals surface area (Å²) in [7, 11) is -4.02. The number of nitrogens with two attached hydrogens (primary N) is 1. The summed E-state index contributed by atoms with van der Waals surface area (Å²) in [4.78, 5) is 23.3. The minimum absolute atomic E-state index is 0.0594. The predicted molar refractivity (Wildman–Crippen MR) is 91.3 cm³/mol. The van der Waals surface area contributed by atoms with Crippen molar-refractivity contribution < 1.29 is 27.9 Å². The van der Waals surface area contributed by atoms with E-state index >= 15 is 0 Å². The number of aliphatic hydroxyl groups is 1. The van der Waals surface area contributed by atoms with Gasteiger partial charge < -0.3 is 15.3 Å². The quantitative estimate of drug-likeness (QED) is 0.300. The molecule has 0 heterocycles. The summed E-state index contributed by atoms with van der Waals surface area (Å²) in [5, 5.41) is 22.4. The molecule has 0 saturated heterocycles. The van der Waals surface area contributed by atoms with Crippen LogP contribution in [0, 0.1) is 19.3 Å². The monoisotopic (exact) mass is 368 g/mol. The van der Waals surface area contributed by atoms with Crippen LogP contribution in [0.15, 0.2) is 28.4 Å². The standard InChI is InChI=1S/C16H20N2O6S/c1-8-5-12(6-14(9(8)2)25(18,22)23)16(21)24-7-13(20)15(10(3)17)11(4)19/h5-6,17,20H,7H2,1-4H3,(H2,18,22,23)/b15-13-,17-10?. The van der Waals surface area contributed by atoms with Gasteiger partial charge in [0.05, 0.1) is 16.0 Å². The molecule has 0 fully saturated rings. The molecule has 0 saturated carbocycles. The summed E-state index contributed by atoms with van der Waals surface area (Å²) in [6.45, 7) is 5.04. The molecule has 4 N–H and O–H groups in total. The van der Waals surface area contributed by atoms with E-state index in [0.29, 0.717) is 11.1 Å². The highest BCUT2D eigenvalue weighted by molar-refractivity contribution is 7.89.